The smallest absolute Gasteiger partial charge is 0.322 e. The molecular formula is C14H15F2N3O3. The number of benzene rings is 1. The van der Waals surface area contributed by atoms with E-state index >= 15 is 0 Å². The van der Waals surface area contributed by atoms with Gasteiger partial charge in [-0.15, -0.1) is 0 Å². The molecule has 0 aliphatic carbocycles. The molecule has 6 nitrogen and oxygen atoms in total. The molecule has 0 radical (unpaired) electrons. The molecule has 118 valence electrons. The van der Waals surface area contributed by atoms with E-state index in [0.717, 1.165) is 18.2 Å². The molecule has 8 heteroatoms. The minimum absolute atomic E-state index is 0.158. The van der Waals surface area contributed by atoms with Gasteiger partial charge in [0.1, 0.15) is 11.6 Å². The molecule has 0 saturated carbocycles. The maximum atomic E-state index is 13.6. The number of halogens is 2. The zero-order valence-corrected chi connectivity index (χ0v) is 11.6. The van der Waals surface area contributed by atoms with E-state index in [0.29, 0.717) is 6.61 Å². The zero-order valence-electron chi connectivity index (χ0n) is 11.6. The zero-order chi connectivity index (χ0) is 15.7. The highest BCUT2D eigenvalue weighted by atomic mass is 19.1. The van der Waals surface area contributed by atoms with Crippen LogP contribution in [0.15, 0.2) is 18.2 Å². The number of rotatable bonds is 1. The number of amides is 3. The lowest BCUT2D eigenvalue weighted by atomic mass is 10.1. The number of urea groups is 1. The number of nitrogens with zero attached hydrogens (tertiary/aromatic N) is 1. The number of hydrogen-bond acceptors (Lipinski definition) is 3. The molecule has 3 amide bonds. The first kappa shape index (κ1) is 14.7. The molecule has 2 aliphatic heterocycles. The van der Waals surface area contributed by atoms with Crippen LogP contribution in [0, 0.1) is 17.6 Å². The fraction of sp³-hybridized carbons (Fsp3) is 0.429. The predicted octanol–water partition coefficient (Wildman–Crippen LogP) is 0.943. The van der Waals surface area contributed by atoms with Crippen LogP contribution < -0.4 is 10.6 Å². The molecular weight excluding hydrogens is 296 g/mol. The summed E-state index contributed by atoms with van der Waals surface area (Å²) in [4.78, 5) is 25.5. The van der Waals surface area contributed by atoms with Gasteiger partial charge in [0, 0.05) is 19.2 Å². The summed E-state index contributed by atoms with van der Waals surface area (Å²) in [6.45, 7) is 0.983. The van der Waals surface area contributed by atoms with Crippen molar-refractivity contribution in [2.75, 3.05) is 31.6 Å². The average Bonchev–Trinajstić information content (AvgIpc) is 2.71. The topological polar surface area (TPSA) is 70.7 Å². The Kier molecular flexibility index (Phi) is 3.93. The van der Waals surface area contributed by atoms with Gasteiger partial charge in [-0.1, -0.05) is 0 Å². The van der Waals surface area contributed by atoms with Crippen LogP contribution in [0.5, 0.6) is 0 Å². The molecule has 2 saturated heterocycles. The van der Waals surface area contributed by atoms with E-state index in [2.05, 4.69) is 10.6 Å². The average molecular weight is 311 g/mol. The summed E-state index contributed by atoms with van der Waals surface area (Å²) in [5.41, 5.74) is -0.227. The van der Waals surface area contributed by atoms with Gasteiger partial charge in [-0.05, 0) is 12.1 Å². The lowest BCUT2D eigenvalue weighted by Gasteiger charge is -2.27. The highest BCUT2D eigenvalue weighted by molar-refractivity contribution is 5.90. The summed E-state index contributed by atoms with van der Waals surface area (Å²) in [7, 11) is 0. The van der Waals surface area contributed by atoms with Crippen LogP contribution in [0.25, 0.3) is 0 Å². The second-order valence-electron chi connectivity index (χ2n) is 5.40. The summed E-state index contributed by atoms with van der Waals surface area (Å²) in [5.74, 6) is -1.98. The van der Waals surface area contributed by atoms with Gasteiger partial charge in [0.25, 0.3) is 0 Å². The minimum Gasteiger partial charge on any atom is -0.378 e. The second-order valence-corrected chi connectivity index (χ2v) is 5.40. The predicted molar refractivity (Wildman–Crippen MR) is 73.2 cm³/mol. The van der Waals surface area contributed by atoms with E-state index in [1.165, 1.54) is 4.90 Å². The Bertz CT molecular complexity index is 611. The van der Waals surface area contributed by atoms with Gasteiger partial charge < -0.3 is 20.3 Å². The van der Waals surface area contributed by atoms with Crippen LogP contribution in [-0.2, 0) is 9.53 Å². The third-order valence-electron chi connectivity index (χ3n) is 3.69. The maximum absolute atomic E-state index is 13.6. The molecule has 2 N–H and O–H groups in total. The fourth-order valence-corrected chi connectivity index (χ4v) is 2.58. The molecule has 1 aromatic rings. The Morgan fingerprint density at radius 2 is 2.14 bits per heavy atom. The second kappa shape index (κ2) is 5.88. The Labute approximate surface area is 125 Å². The van der Waals surface area contributed by atoms with Crippen molar-refractivity contribution in [1.82, 2.24) is 10.2 Å². The first-order chi connectivity index (χ1) is 10.5. The van der Waals surface area contributed by atoms with Crippen molar-refractivity contribution in [1.29, 1.82) is 0 Å². The lowest BCUT2D eigenvalue weighted by Crippen LogP contribution is -2.46. The monoisotopic (exact) mass is 311 g/mol. The maximum Gasteiger partial charge on any atom is 0.322 e. The fourth-order valence-electron chi connectivity index (χ4n) is 2.58. The van der Waals surface area contributed by atoms with Gasteiger partial charge in [0.2, 0.25) is 5.91 Å². The van der Waals surface area contributed by atoms with Gasteiger partial charge >= 0.3 is 6.03 Å². The van der Waals surface area contributed by atoms with Crippen LogP contribution in [0.4, 0.5) is 19.3 Å². The van der Waals surface area contributed by atoms with Gasteiger partial charge in [-0.2, -0.15) is 0 Å². The van der Waals surface area contributed by atoms with Crippen molar-refractivity contribution in [2.45, 2.75) is 6.04 Å². The molecule has 0 spiro atoms. The van der Waals surface area contributed by atoms with E-state index in [-0.39, 0.29) is 37.3 Å². The van der Waals surface area contributed by atoms with Crippen molar-refractivity contribution in [2.24, 2.45) is 5.92 Å². The molecule has 2 fully saturated rings. The van der Waals surface area contributed by atoms with Crippen molar-refractivity contribution in [3.8, 4) is 0 Å². The first-order valence-electron chi connectivity index (χ1n) is 6.92. The Morgan fingerprint density at radius 1 is 1.32 bits per heavy atom. The van der Waals surface area contributed by atoms with E-state index in [4.69, 9.17) is 4.74 Å². The van der Waals surface area contributed by atoms with Crippen LogP contribution in [0.1, 0.15) is 0 Å². The number of fused-ring (bicyclic) bond motifs is 3. The number of hydrogen-bond donors (Lipinski definition) is 2. The number of nitrogens with one attached hydrogen (secondary N) is 2. The summed E-state index contributed by atoms with van der Waals surface area (Å²) in [6, 6.07) is 1.96. The number of carbonyl (C=O) groups is 2. The lowest BCUT2D eigenvalue weighted by molar-refractivity contribution is -0.125. The van der Waals surface area contributed by atoms with Crippen LogP contribution in [0.3, 0.4) is 0 Å². The highest BCUT2D eigenvalue weighted by Gasteiger charge is 2.35. The number of ether oxygens (including phenoxy) is 1. The Morgan fingerprint density at radius 3 is 2.95 bits per heavy atom. The molecule has 1 aromatic carbocycles. The van der Waals surface area contributed by atoms with Crippen molar-refractivity contribution in [3.05, 3.63) is 29.8 Å². The summed E-state index contributed by atoms with van der Waals surface area (Å²) < 4.78 is 32.1. The van der Waals surface area contributed by atoms with Crippen LogP contribution >= 0.6 is 0 Å². The van der Waals surface area contributed by atoms with Gasteiger partial charge in [-0.3, -0.25) is 4.79 Å². The molecule has 2 heterocycles. The van der Waals surface area contributed by atoms with Gasteiger partial charge in [0.15, 0.2) is 0 Å². The molecule has 3 rings (SSSR count). The first-order valence-corrected chi connectivity index (χ1v) is 6.92. The SMILES string of the molecule is O=C1N[C@@H]2COC[C@H]1CN(C(=O)Nc1cc(F)ccc1F)C2. The molecule has 2 bridgehead atoms. The van der Waals surface area contributed by atoms with Gasteiger partial charge in [0.05, 0.1) is 30.9 Å². The van der Waals surface area contributed by atoms with Gasteiger partial charge in [-0.25, -0.2) is 13.6 Å². The Balaban J connectivity index is 1.74. The number of carbonyl (C=O) groups excluding carboxylic acids is 2. The standard InChI is InChI=1S/C14H15F2N3O3/c15-9-1-2-11(16)12(3-9)18-14(21)19-4-8-6-22-7-10(5-19)17-13(8)20/h1-3,8,10H,4-7H2,(H,17,20)(H,18,21)/t8-,10+/m1/s1. The third-order valence-corrected chi connectivity index (χ3v) is 3.69. The normalized spacial score (nSPS) is 24.5. The summed E-state index contributed by atoms with van der Waals surface area (Å²) >= 11 is 0. The summed E-state index contributed by atoms with van der Waals surface area (Å²) in [5, 5.41) is 5.14. The van der Waals surface area contributed by atoms with E-state index in [1.807, 2.05) is 0 Å². The van der Waals surface area contributed by atoms with Crippen LogP contribution in [-0.4, -0.2) is 49.2 Å². The minimum atomic E-state index is -0.720. The van der Waals surface area contributed by atoms with Crippen molar-refractivity contribution in [3.63, 3.8) is 0 Å². The van der Waals surface area contributed by atoms with Crippen molar-refractivity contribution >= 4 is 17.6 Å². The molecule has 0 unspecified atom stereocenters. The van der Waals surface area contributed by atoms with E-state index in [1.54, 1.807) is 0 Å². The molecule has 0 aromatic heterocycles. The quantitative estimate of drug-likeness (QED) is 0.811. The largest absolute Gasteiger partial charge is 0.378 e. The van der Waals surface area contributed by atoms with Crippen LogP contribution in [0.2, 0.25) is 0 Å². The molecule has 22 heavy (non-hydrogen) atoms. The van der Waals surface area contributed by atoms with E-state index in [9.17, 15) is 18.4 Å². The van der Waals surface area contributed by atoms with Crippen molar-refractivity contribution < 1.29 is 23.1 Å². The number of anilines is 1. The molecule has 2 atom stereocenters. The molecule has 2 aliphatic rings. The summed E-state index contributed by atoms with van der Waals surface area (Å²) in [6.07, 6.45) is 0. The third kappa shape index (κ3) is 3.01. The highest BCUT2D eigenvalue weighted by Crippen LogP contribution is 2.18. The Hall–Kier alpha value is -2.22. The van der Waals surface area contributed by atoms with E-state index < -0.39 is 23.6 Å².